The van der Waals surface area contributed by atoms with Crippen molar-refractivity contribution in [3.63, 3.8) is 0 Å². The van der Waals surface area contributed by atoms with Gasteiger partial charge >= 0.3 is 0 Å². The number of nitrogens with one attached hydrogen (secondary N) is 2. The maximum atomic E-state index is 13.0. The molecule has 2 N–H and O–H groups in total. The van der Waals surface area contributed by atoms with Crippen LogP contribution in [0.1, 0.15) is 19.4 Å². The zero-order valence-electron chi connectivity index (χ0n) is 17.3. The number of carbonyl (C=O) groups is 1. The number of hydrogen-bond donors (Lipinski definition) is 2. The zero-order chi connectivity index (χ0) is 22.6. The summed E-state index contributed by atoms with van der Waals surface area (Å²) in [5.41, 5.74) is 0.720. The average Bonchev–Trinajstić information content (AvgIpc) is 2.75. The number of benzene rings is 3. The van der Waals surface area contributed by atoms with Crippen LogP contribution in [0, 0.1) is 0 Å². The van der Waals surface area contributed by atoms with E-state index in [0.717, 1.165) is 5.56 Å². The van der Waals surface area contributed by atoms with Crippen LogP contribution in [0.4, 0.5) is 11.4 Å². The molecule has 31 heavy (non-hydrogen) atoms. The molecule has 0 aliphatic rings. The number of sulfonamides is 1. The molecule has 0 aromatic heterocycles. The molecule has 1 amide bonds. The summed E-state index contributed by atoms with van der Waals surface area (Å²) in [6.45, 7) is 3.61. The maximum Gasteiger partial charge on any atom is 0.265 e. The summed E-state index contributed by atoms with van der Waals surface area (Å²) in [5, 5.41) is 3.30. The molecule has 0 saturated carbocycles. The van der Waals surface area contributed by atoms with Crippen LogP contribution < -0.4 is 14.8 Å². The molecule has 8 heteroatoms. The Morgan fingerprint density at radius 3 is 2.16 bits per heavy atom. The van der Waals surface area contributed by atoms with Crippen molar-refractivity contribution in [3.05, 3.63) is 83.4 Å². The first-order valence-corrected chi connectivity index (χ1v) is 11.3. The SMILES string of the molecule is COc1ccc(NC(=O)C(C)(C)c2ccccc2)cc1S(=O)(=O)Nc1ccc(Cl)cc1. The van der Waals surface area contributed by atoms with Gasteiger partial charge in [0, 0.05) is 16.4 Å². The summed E-state index contributed by atoms with van der Waals surface area (Å²) in [7, 11) is -2.60. The van der Waals surface area contributed by atoms with Crippen molar-refractivity contribution < 1.29 is 17.9 Å². The lowest BCUT2D eigenvalue weighted by molar-refractivity contribution is -0.120. The highest BCUT2D eigenvalue weighted by atomic mass is 35.5. The van der Waals surface area contributed by atoms with Crippen LogP contribution in [0.3, 0.4) is 0 Å². The Kier molecular flexibility index (Phi) is 6.57. The van der Waals surface area contributed by atoms with Crippen molar-refractivity contribution in [3.8, 4) is 5.75 Å². The zero-order valence-corrected chi connectivity index (χ0v) is 18.9. The van der Waals surface area contributed by atoms with Crippen molar-refractivity contribution in [2.24, 2.45) is 0 Å². The summed E-state index contributed by atoms with van der Waals surface area (Å²) >= 11 is 5.86. The van der Waals surface area contributed by atoms with Gasteiger partial charge in [-0.05, 0) is 61.9 Å². The molecule has 3 aromatic carbocycles. The number of methoxy groups -OCH3 is 1. The highest BCUT2D eigenvalue weighted by molar-refractivity contribution is 7.92. The lowest BCUT2D eigenvalue weighted by Gasteiger charge is -2.24. The Labute approximate surface area is 187 Å². The van der Waals surface area contributed by atoms with Gasteiger partial charge < -0.3 is 10.1 Å². The van der Waals surface area contributed by atoms with Gasteiger partial charge in [0.1, 0.15) is 10.6 Å². The monoisotopic (exact) mass is 458 g/mol. The first-order valence-electron chi connectivity index (χ1n) is 9.47. The molecule has 0 radical (unpaired) electrons. The van der Waals surface area contributed by atoms with Crippen LogP contribution in [0.2, 0.25) is 5.02 Å². The topological polar surface area (TPSA) is 84.5 Å². The lowest BCUT2D eigenvalue weighted by Crippen LogP contribution is -2.34. The number of rotatable bonds is 7. The van der Waals surface area contributed by atoms with Gasteiger partial charge in [0.15, 0.2) is 0 Å². The Hall–Kier alpha value is -3.03. The van der Waals surface area contributed by atoms with Crippen LogP contribution >= 0.6 is 11.6 Å². The third kappa shape index (κ3) is 5.18. The van der Waals surface area contributed by atoms with Crippen LogP contribution in [0.15, 0.2) is 77.7 Å². The quantitative estimate of drug-likeness (QED) is 0.518. The van der Waals surface area contributed by atoms with Crippen molar-refractivity contribution >= 4 is 38.9 Å². The van der Waals surface area contributed by atoms with Gasteiger partial charge in [-0.2, -0.15) is 0 Å². The molecule has 0 bridgehead atoms. The molecule has 0 spiro atoms. The molecule has 0 aliphatic heterocycles. The normalized spacial score (nSPS) is 11.6. The second-order valence-corrected chi connectivity index (χ2v) is 9.51. The predicted molar refractivity (Wildman–Crippen MR) is 123 cm³/mol. The third-order valence-corrected chi connectivity index (χ3v) is 6.53. The molecule has 0 heterocycles. The van der Waals surface area contributed by atoms with Gasteiger partial charge in [-0.1, -0.05) is 41.9 Å². The fraction of sp³-hybridized carbons (Fsp3) is 0.174. The van der Waals surface area contributed by atoms with E-state index in [2.05, 4.69) is 10.0 Å². The van der Waals surface area contributed by atoms with E-state index in [1.165, 1.54) is 19.2 Å². The van der Waals surface area contributed by atoms with Crippen molar-refractivity contribution in [2.45, 2.75) is 24.2 Å². The van der Waals surface area contributed by atoms with Crippen LogP contribution in [0.5, 0.6) is 5.75 Å². The van der Waals surface area contributed by atoms with Gasteiger partial charge in [-0.15, -0.1) is 0 Å². The number of halogens is 1. The van der Waals surface area contributed by atoms with E-state index in [9.17, 15) is 13.2 Å². The molecule has 0 aliphatic carbocycles. The molecule has 3 rings (SSSR count). The molecular formula is C23H23ClN2O4S. The van der Waals surface area contributed by atoms with Gasteiger partial charge in [0.2, 0.25) is 5.91 Å². The number of amides is 1. The van der Waals surface area contributed by atoms with E-state index in [1.54, 1.807) is 44.2 Å². The number of ether oxygens (including phenoxy) is 1. The Morgan fingerprint density at radius 1 is 0.935 bits per heavy atom. The fourth-order valence-corrected chi connectivity index (χ4v) is 4.35. The Morgan fingerprint density at radius 2 is 1.55 bits per heavy atom. The molecule has 3 aromatic rings. The molecule has 0 atom stereocenters. The van der Waals surface area contributed by atoms with E-state index in [-0.39, 0.29) is 16.6 Å². The second-order valence-electron chi connectivity index (χ2n) is 7.42. The average molecular weight is 459 g/mol. The van der Waals surface area contributed by atoms with Crippen LogP contribution in [-0.2, 0) is 20.2 Å². The van der Waals surface area contributed by atoms with Crippen LogP contribution in [-0.4, -0.2) is 21.4 Å². The summed E-state index contributed by atoms with van der Waals surface area (Å²) in [6, 6.07) is 20.1. The van der Waals surface area contributed by atoms with Crippen molar-refractivity contribution in [1.29, 1.82) is 0 Å². The van der Waals surface area contributed by atoms with E-state index in [0.29, 0.717) is 16.4 Å². The van der Waals surface area contributed by atoms with E-state index in [1.807, 2.05) is 30.3 Å². The lowest BCUT2D eigenvalue weighted by atomic mass is 9.83. The highest BCUT2D eigenvalue weighted by Gasteiger charge is 2.30. The van der Waals surface area contributed by atoms with E-state index in [4.69, 9.17) is 16.3 Å². The molecule has 0 saturated heterocycles. The first-order chi connectivity index (χ1) is 14.6. The van der Waals surface area contributed by atoms with E-state index >= 15 is 0 Å². The number of carbonyl (C=O) groups excluding carboxylic acids is 1. The fourth-order valence-electron chi connectivity index (χ4n) is 2.97. The van der Waals surface area contributed by atoms with Crippen LogP contribution in [0.25, 0.3) is 0 Å². The van der Waals surface area contributed by atoms with Gasteiger partial charge in [0.25, 0.3) is 10.0 Å². The number of anilines is 2. The minimum atomic E-state index is -3.98. The van der Waals surface area contributed by atoms with Gasteiger partial charge in [-0.25, -0.2) is 8.42 Å². The molecule has 6 nitrogen and oxygen atoms in total. The second kappa shape index (κ2) is 8.99. The molecule has 0 unspecified atom stereocenters. The van der Waals surface area contributed by atoms with Gasteiger partial charge in [0.05, 0.1) is 12.5 Å². The Balaban J connectivity index is 1.89. The summed E-state index contributed by atoms with van der Waals surface area (Å²) < 4.78 is 33.7. The maximum absolute atomic E-state index is 13.0. The smallest absolute Gasteiger partial charge is 0.265 e. The highest BCUT2D eigenvalue weighted by Crippen LogP contribution is 2.31. The summed E-state index contributed by atoms with van der Waals surface area (Å²) in [4.78, 5) is 12.9. The molecule has 162 valence electrons. The molecular weight excluding hydrogens is 436 g/mol. The molecule has 0 fully saturated rings. The largest absolute Gasteiger partial charge is 0.495 e. The summed E-state index contributed by atoms with van der Waals surface area (Å²) in [5.74, 6) is -0.111. The Bertz CT molecular complexity index is 1180. The predicted octanol–water partition coefficient (Wildman–Crippen LogP) is 5.07. The van der Waals surface area contributed by atoms with Crippen molar-refractivity contribution in [2.75, 3.05) is 17.1 Å². The van der Waals surface area contributed by atoms with Crippen molar-refractivity contribution in [1.82, 2.24) is 0 Å². The third-order valence-electron chi connectivity index (χ3n) is 4.87. The first kappa shape index (κ1) is 22.7. The standard InChI is InChI=1S/C23H23ClN2O4S/c1-23(2,16-7-5-4-6-8-16)22(27)25-19-13-14-20(30-3)21(15-19)31(28,29)26-18-11-9-17(24)10-12-18/h4-15,26H,1-3H3,(H,25,27). The minimum absolute atomic E-state index is 0.0970. The van der Waals surface area contributed by atoms with E-state index < -0.39 is 15.4 Å². The number of hydrogen-bond acceptors (Lipinski definition) is 4. The van der Waals surface area contributed by atoms with Gasteiger partial charge in [-0.3, -0.25) is 9.52 Å². The summed E-state index contributed by atoms with van der Waals surface area (Å²) in [6.07, 6.45) is 0. The minimum Gasteiger partial charge on any atom is -0.495 e.